The second kappa shape index (κ2) is 7.59. The van der Waals surface area contributed by atoms with E-state index < -0.39 is 26.2 Å². The van der Waals surface area contributed by atoms with Gasteiger partial charge in [-0.25, -0.2) is 0 Å². The van der Waals surface area contributed by atoms with Crippen molar-refractivity contribution in [2.45, 2.75) is 128 Å². The highest BCUT2D eigenvalue weighted by atomic mass is 28.4. The second-order valence-corrected chi connectivity index (χ2v) is 15.7. The highest BCUT2D eigenvalue weighted by Crippen LogP contribution is 2.48. The number of hydrogen-bond donors (Lipinski definition) is 0. The van der Waals surface area contributed by atoms with Crippen LogP contribution in [0.5, 0.6) is 0 Å². The highest BCUT2D eigenvalue weighted by Gasteiger charge is 2.61. The van der Waals surface area contributed by atoms with Gasteiger partial charge in [0.2, 0.25) is 8.32 Å². The van der Waals surface area contributed by atoms with Crippen LogP contribution in [0.15, 0.2) is 0 Å². The van der Waals surface area contributed by atoms with E-state index in [1.165, 1.54) is 0 Å². The molecule has 7 heteroatoms. The van der Waals surface area contributed by atoms with Gasteiger partial charge in [0, 0.05) is 0 Å². The van der Waals surface area contributed by atoms with E-state index in [9.17, 15) is 0 Å². The second-order valence-electron chi connectivity index (χ2n) is 10.3. The molecule has 0 saturated carbocycles. The Hall–Kier alpha value is -0.0231. The molecule has 6 nitrogen and oxygen atoms in total. The van der Waals surface area contributed by atoms with Crippen LogP contribution in [0.4, 0.5) is 0 Å². The Morgan fingerprint density at radius 3 is 1.82 bits per heavy atom. The molecular weight excluding hydrogens is 376 g/mol. The van der Waals surface area contributed by atoms with Gasteiger partial charge < -0.3 is 28.1 Å². The molecule has 0 spiro atoms. The maximum absolute atomic E-state index is 7.16. The van der Waals surface area contributed by atoms with Crippen LogP contribution in [-0.4, -0.2) is 57.2 Å². The summed E-state index contributed by atoms with van der Waals surface area (Å²) < 4.78 is 37.8. The van der Waals surface area contributed by atoms with Crippen molar-refractivity contribution in [1.82, 2.24) is 0 Å². The number of hydrogen-bond acceptors (Lipinski definition) is 6. The topological polar surface area (TPSA) is 55.4 Å². The average Bonchev–Trinajstić information content (AvgIpc) is 3.13. The molecule has 3 rings (SSSR count). The fourth-order valence-corrected chi connectivity index (χ4v) is 11.0. The van der Waals surface area contributed by atoms with Gasteiger partial charge in [0.15, 0.2) is 17.9 Å². The van der Waals surface area contributed by atoms with Gasteiger partial charge in [-0.1, -0.05) is 41.5 Å². The summed E-state index contributed by atoms with van der Waals surface area (Å²) in [6, 6.07) is 0. The van der Waals surface area contributed by atoms with E-state index in [0.717, 1.165) is 0 Å². The predicted octanol–water partition coefficient (Wildman–Crippen LogP) is 4.58. The summed E-state index contributed by atoms with van der Waals surface area (Å²) in [5, 5.41) is 0. The van der Waals surface area contributed by atoms with Gasteiger partial charge in [-0.05, 0) is 44.3 Å². The van der Waals surface area contributed by atoms with Crippen LogP contribution in [0.25, 0.3) is 0 Å². The average molecular weight is 417 g/mol. The zero-order valence-electron chi connectivity index (χ0n) is 19.3. The molecule has 164 valence electrons. The molecule has 3 saturated heterocycles. The van der Waals surface area contributed by atoms with Crippen molar-refractivity contribution in [2.24, 2.45) is 0 Å². The summed E-state index contributed by atoms with van der Waals surface area (Å²) in [7, 11) is -2.14. The van der Waals surface area contributed by atoms with Crippen LogP contribution in [0.3, 0.4) is 0 Å². The summed E-state index contributed by atoms with van der Waals surface area (Å²) >= 11 is 0. The van der Waals surface area contributed by atoms with Crippen molar-refractivity contribution in [2.75, 3.05) is 6.61 Å². The summed E-state index contributed by atoms with van der Waals surface area (Å²) in [4.78, 5) is 0. The van der Waals surface area contributed by atoms with Gasteiger partial charge in [-0.2, -0.15) is 0 Å². The summed E-state index contributed by atoms with van der Waals surface area (Å²) in [5.41, 5.74) is 1.42. The van der Waals surface area contributed by atoms with Crippen LogP contribution in [-0.2, 0) is 28.1 Å². The highest BCUT2D eigenvalue weighted by molar-refractivity contribution is 6.77. The fourth-order valence-electron chi connectivity index (χ4n) is 5.46. The van der Waals surface area contributed by atoms with Crippen LogP contribution < -0.4 is 0 Å². The lowest BCUT2D eigenvalue weighted by Crippen LogP contribution is -2.56. The van der Waals surface area contributed by atoms with Crippen molar-refractivity contribution in [3.63, 3.8) is 0 Å². The molecule has 0 aromatic heterocycles. The number of fused-ring (bicyclic) bond motifs is 1. The van der Waals surface area contributed by atoms with Gasteiger partial charge in [0.1, 0.15) is 24.4 Å². The lowest BCUT2D eigenvalue weighted by atomic mass is 10.1. The first-order valence-corrected chi connectivity index (χ1v) is 12.9. The quantitative estimate of drug-likeness (QED) is 0.591. The van der Waals surface area contributed by atoms with E-state index in [0.29, 0.717) is 23.2 Å². The molecule has 5 atom stereocenters. The van der Waals surface area contributed by atoms with Crippen LogP contribution in [0.1, 0.15) is 69.2 Å². The van der Waals surface area contributed by atoms with Crippen molar-refractivity contribution in [3.05, 3.63) is 0 Å². The third-order valence-corrected chi connectivity index (χ3v) is 12.6. The predicted molar refractivity (Wildman–Crippen MR) is 110 cm³/mol. The van der Waals surface area contributed by atoms with Crippen molar-refractivity contribution < 1.29 is 28.1 Å². The lowest BCUT2D eigenvalue weighted by molar-refractivity contribution is -0.231. The molecule has 3 fully saturated rings. The Morgan fingerprint density at radius 1 is 0.786 bits per heavy atom. The first-order chi connectivity index (χ1) is 12.8. The molecule has 0 aromatic rings. The molecule has 0 radical (unpaired) electrons. The van der Waals surface area contributed by atoms with Crippen LogP contribution in [0, 0.1) is 0 Å². The molecule has 3 heterocycles. The van der Waals surface area contributed by atoms with Crippen molar-refractivity contribution in [1.29, 1.82) is 0 Å². The normalized spacial score (nSPS) is 37.4. The standard InChI is InChI=1S/C21H40O6Si/c1-12(2)28(13(3)4,14(5)6)27-17-16(15-11-22-20(7,8)24-15)23-19-18(17)25-21(9,10)26-19/h12-19H,11H2,1-10H3/t15-,16-,17+,18-,19-/m1/s1. The first-order valence-electron chi connectivity index (χ1n) is 10.8. The zero-order chi connectivity index (χ0) is 21.1. The van der Waals surface area contributed by atoms with Gasteiger partial charge in [0.25, 0.3) is 0 Å². The first kappa shape index (κ1) is 22.7. The Bertz CT molecular complexity index is 539. The Morgan fingerprint density at radius 2 is 1.36 bits per heavy atom. The van der Waals surface area contributed by atoms with Crippen LogP contribution in [0.2, 0.25) is 16.6 Å². The molecular formula is C21H40O6Si. The third-order valence-electron chi connectivity index (χ3n) is 6.47. The molecule has 0 aromatic carbocycles. The van der Waals surface area contributed by atoms with Gasteiger partial charge in [-0.3, -0.25) is 0 Å². The van der Waals surface area contributed by atoms with E-state index in [-0.39, 0.29) is 24.4 Å². The molecule has 3 aliphatic heterocycles. The monoisotopic (exact) mass is 416 g/mol. The molecule has 0 bridgehead atoms. The zero-order valence-corrected chi connectivity index (χ0v) is 20.3. The largest absolute Gasteiger partial charge is 0.408 e. The Labute approximate surface area is 171 Å². The van der Waals surface area contributed by atoms with E-state index in [1.807, 2.05) is 27.7 Å². The molecule has 0 unspecified atom stereocenters. The molecule has 28 heavy (non-hydrogen) atoms. The summed E-state index contributed by atoms with van der Waals surface area (Å²) in [6.45, 7) is 22.0. The Balaban J connectivity index is 1.92. The van der Waals surface area contributed by atoms with Crippen LogP contribution >= 0.6 is 0 Å². The minimum Gasteiger partial charge on any atom is -0.408 e. The minimum absolute atomic E-state index is 0.195. The maximum atomic E-state index is 7.16. The van der Waals surface area contributed by atoms with Gasteiger partial charge in [0.05, 0.1) is 6.61 Å². The van der Waals surface area contributed by atoms with Crippen molar-refractivity contribution >= 4 is 8.32 Å². The van der Waals surface area contributed by atoms with E-state index in [2.05, 4.69) is 41.5 Å². The smallest absolute Gasteiger partial charge is 0.201 e. The van der Waals surface area contributed by atoms with Gasteiger partial charge in [-0.15, -0.1) is 0 Å². The number of ether oxygens (including phenoxy) is 5. The Kier molecular flexibility index (Phi) is 6.14. The number of rotatable bonds is 6. The molecule has 3 aliphatic rings. The molecule has 0 N–H and O–H groups in total. The summed E-state index contributed by atoms with van der Waals surface area (Å²) in [6.07, 6.45) is -1.38. The fraction of sp³-hybridized carbons (Fsp3) is 1.00. The van der Waals surface area contributed by atoms with E-state index in [1.54, 1.807) is 0 Å². The maximum Gasteiger partial charge on any atom is 0.201 e. The minimum atomic E-state index is -2.14. The molecule has 0 amide bonds. The lowest BCUT2D eigenvalue weighted by Gasteiger charge is -2.45. The third kappa shape index (κ3) is 3.96. The van der Waals surface area contributed by atoms with E-state index in [4.69, 9.17) is 28.1 Å². The van der Waals surface area contributed by atoms with Crippen molar-refractivity contribution in [3.8, 4) is 0 Å². The van der Waals surface area contributed by atoms with Gasteiger partial charge >= 0.3 is 0 Å². The SMILES string of the molecule is CC(C)[Si](O[C@@H]1[C@H]2OC(C)(C)O[C@H]2O[C@@H]1[C@H]1COC(C)(C)O1)(C(C)C)C(C)C. The van der Waals surface area contributed by atoms with E-state index >= 15 is 0 Å². The molecule has 0 aliphatic carbocycles. The summed E-state index contributed by atoms with van der Waals surface area (Å²) in [5.74, 6) is -1.29.